The first-order valence-corrected chi connectivity index (χ1v) is 23.4. The predicted octanol–water partition coefficient (Wildman–Crippen LogP) is 9.17. The molecule has 0 spiro atoms. The number of nitro benzene ring substituents is 1. The number of aliphatic hydroxyl groups is 1. The fraction of sp³-hybridized carbons (Fsp3) is 0.404. The van der Waals surface area contributed by atoms with E-state index in [0.717, 1.165) is 87.0 Å². The van der Waals surface area contributed by atoms with Crippen LogP contribution in [-0.2, 0) is 10.0 Å². The van der Waals surface area contributed by atoms with Crippen molar-refractivity contribution in [1.29, 1.82) is 0 Å². The van der Waals surface area contributed by atoms with Gasteiger partial charge in [0.25, 0.3) is 21.6 Å². The molecule has 4 N–H and O–H groups in total. The number of allylic oxidation sites excluding steroid dienone is 1. The van der Waals surface area contributed by atoms with Crippen molar-refractivity contribution >= 4 is 61.2 Å². The Morgan fingerprint density at radius 3 is 2.48 bits per heavy atom. The lowest BCUT2D eigenvalue weighted by Crippen LogP contribution is -2.47. The number of benzene rings is 3. The molecule has 2 aliphatic carbocycles. The van der Waals surface area contributed by atoms with Crippen molar-refractivity contribution < 1.29 is 28.0 Å². The highest BCUT2D eigenvalue weighted by Crippen LogP contribution is 2.44. The SMILES string of the molecule is CC1(C)CCC(CN2CCN(c3ccc(C(=O)NS(=O)(=O)c4ccc(NC[C@H]5CC[C@](C)(O)CC5)c([N+](=O)[O-])c4)c(Oc4cnc5[nH]ccc5c4)c3)CC2)=C(c2ccc(Cl)cc2)C1. The minimum Gasteiger partial charge on any atom is -0.455 e. The van der Waals surface area contributed by atoms with Crippen LogP contribution >= 0.6 is 11.6 Å². The van der Waals surface area contributed by atoms with E-state index < -0.39 is 37.0 Å². The Morgan fingerprint density at radius 1 is 1.00 bits per heavy atom. The molecule has 3 aliphatic rings. The van der Waals surface area contributed by atoms with Crippen molar-refractivity contribution in [1.82, 2.24) is 19.6 Å². The third-order valence-corrected chi connectivity index (χ3v) is 14.4. The highest BCUT2D eigenvalue weighted by molar-refractivity contribution is 7.90. The molecular formula is C47H54ClN7O7S. The summed E-state index contributed by atoms with van der Waals surface area (Å²) in [6, 6.07) is 20.4. The summed E-state index contributed by atoms with van der Waals surface area (Å²) in [5.74, 6) is -0.293. The standard InChI is InChI=1S/C47H54ClN7O7S/c1-46(2)16-14-34(40(27-46)32-4-6-35(48)7-5-32)30-53-20-22-54(23-21-53)36-8-10-39(43(25-36)62-37-24-33-15-19-49-44(33)51-29-37)45(56)52-63(60,61)38-9-11-41(42(26-38)55(58)59)50-28-31-12-17-47(3,57)18-13-31/h4-11,15,19,24-26,29,31,50,57H,12-14,16-18,20-23,27-28,30H2,1-3H3,(H,49,51)(H,52,56)/t31-,47-. The number of H-pyrrole nitrogens is 1. The topological polar surface area (TPSA) is 183 Å². The Balaban J connectivity index is 0.993. The van der Waals surface area contributed by atoms with E-state index in [1.807, 2.05) is 25.1 Å². The Hall–Kier alpha value is -5.48. The number of sulfonamides is 1. The number of hydrogen-bond donors (Lipinski definition) is 4. The van der Waals surface area contributed by atoms with Crippen molar-refractivity contribution in [2.24, 2.45) is 11.3 Å². The maximum atomic E-state index is 13.9. The number of anilines is 2. The van der Waals surface area contributed by atoms with Crippen LogP contribution in [0.4, 0.5) is 17.1 Å². The smallest absolute Gasteiger partial charge is 0.293 e. The summed E-state index contributed by atoms with van der Waals surface area (Å²) >= 11 is 6.24. The van der Waals surface area contributed by atoms with E-state index in [4.69, 9.17) is 16.3 Å². The molecule has 0 radical (unpaired) electrons. The molecule has 2 aromatic heterocycles. The predicted molar refractivity (Wildman–Crippen MR) is 246 cm³/mol. The maximum Gasteiger partial charge on any atom is 0.293 e. The molecule has 5 aromatic rings. The van der Waals surface area contributed by atoms with Crippen LogP contribution < -0.4 is 19.7 Å². The number of hydrogen-bond acceptors (Lipinski definition) is 11. The van der Waals surface area contributed by atoms with Gasteiger partial charge in [-0.2, -0.15) is 0 Å². The molecule has 0 bridgehead atoms. The molecule has 3 heterocycles. The van der Waals surface area contributed by atoms with Gasteiger partial charge in [-0.25, -0.2) is 18.1 Å². The number of carbonyl (C=O) groups excluding carboxylic acids is 1. The van der Waals surface area contributed by atoms with Crippen LogP contribution in [0.25, 0.3) is 16.6 Å². The summed E-state index contributed by atoms with van der Waals surface area (Å²) in [6.07, 6.45) is 9.25. The summed E-state index contributed by atoms with van der Waals surface area (Å²) in [5.41, 5.74) is 4.76. The van der Waals surface area contributed by atoms with Crippen molar-refractivity contribution in [3.8, 4) is 11.5 Å². The van der Waals surface area contributed by atoms with Crippen LogP contribution in [-0.4, -0.2) is 84.1 Å². The highest BCUT2D eigenvalue weighted by Gasteiger charge is 2.32. The molecule has 16 heteroatoms. The van der Waals surface area contributed by atoms with Gasteiger partial charge in [-0.15, -0.1) is 0 Å². The fourth-order valence-corrected chi connectivity index (χ4v) is 10.1. The fourth-order valence-electron chi connectivity index (χ4n) is 8.95. The molecule has 1 aliphatic heterocycles. The van der Waals surface area contributed by atoms with E-state index in [1.54, 1.807) is 24.4 Å². The number of fused-ring (bicyclic) bond motifs is 1. The average molecular weight is 897 g/mol. The van der Waals surface area contributed by atoms with Gasteiger partial charge in [-0.3, -0.25) is 19.8 Å². The molecule has 63 heavy (non-hydrogen) atoms. The number of piperazine rings is 1. The summed E-state index contributed by atoms with van der Waals surface area (Å²) in [7, 11) is -4.58. The molecule has 1 saturated heterocycles. The van der Waals surface area contributed by atoms with Crippen LogP contribution in [0.3, 0.4) is 0 Å². The summed E-state index contributed by atoms with van der Waals surface area (Å²) in [6.45, 7) is 10.9. The van der Waals surface area contributed by atoms with Gasteiger partial charge in [-0.1, -0.05) is 43.2 Å². The number of nitrogens with zero attached hydrogens (tertiary/aromatic N) is 4. The molecule has 14 nitrogen and oxygen atoms in total. The first kappa shape index (κ1) is 44.1. The Labute approximate surface area is 372 Å². The number of carbonyl (C=O) groups is 1. The third kappa shape index (κ3) is 10.5. The Kier molecular flexibility index (Phi) is 12.6. The van der Waals surface area contributed by atoms with Crippen LogP contribution in [0.15, 0.2) is 95.7 Å². The normalized spacial score (nSPS) is 20.7. The number of ether oxygens (including phenoxy) is 1. The van der Waals surface area contributed by atoms with Crippen molar-refractivity contribution in [2.45, 2.75) is 76.2 Å². The molecule has 0 unspecified atom stereocenters. The number of aromatic nitrogens is 2. The molecule has 0 atom stereocenters. The summed E-state index contributed by atoms with van der Waals surface area (Å²) in [4.78, 5) is 37.2. The number of amides is 1. The second-order valence-corrected chi connectivity index (χ2v) is 20.4. The zero-order valence-corrected chi connectivity index (χ0v) is 37.4. The maximum absolute atomic E-state index is 13.9. The van der Waals surface area contributed by atoms with E-state index in [1.165, 1.54) is 41.1 Å². The van der Waals surface area contributed by atoms with Crippen molar-refractivity contribution in [3.05, 3.63) is 117 Å². The van der Waals surface area contributed by atoms with Crippen LogP contribution in [0.5, 0.6) is 11.5 Å². The van der Waals surface area contributed by atoms with Gasteiger partial charge >= 0.3 is 0 Å². The number of halogens is 1. The zero-order valence-electron chi connectivity index (χ0n) is 35.8. The van der Waals surface area contributed by atoms with Gasteiger partial charge in [0.05, 0.1) is 27.2 Å². The second-order valence-electron chi connectivity index (χ2n) is 18.3. The lowest BCUT2D eigenvalue weighted by Gasteiger charge is -2.39. The van der Waals surface area contributed by atoms with E-state index in [2.05, 4.69) is 55.8 Å². The lowest BCUT2D eigenvalue weighted by molar-refractivity contribution is -0.384. The van der Waals surface area contributed by atoms with E-state index in [-0.39, 0.29) is 28.3 Å². The quantitative estimate of drug-likeness (QED) is 0.0653. The zero-order chi connectivity index (χ0) is 44.5. The summed E-state index contributed by atoms with van der Waals surface area (Å²) < 4.78 is 35.9. The number of nitrogens with one attached hydrogen (secondary N) is 3. The minimum atomic E-state index is -4.58. The van der Waals surface area contributed by atoms with E-state index in [9.17, 15) is 28.4 Å². The first-order chi connectivity index (χ1) is 30.0. The van der Waals surface area contributed by atoms with Gasteiger partial charge in [0, 0.05) is 73.7 Å². The molecule has 8 rings (SSSR count). The van der Waals surface area contributed by atoms with Gasteiger partial charge in [0.1, 0.15) is 22.8 Å². The second kappa shape index (κ2) is 17.9. The average Bonchev–Trinajstić information content (AvgIpc) is 3.72. The lowest BCUT2D eigenvalue weighted by atomic mass is 9.72. The van der Waals surface area contributed by atoms with Gasteiger partial charge in [0.2, 0.25) is 0 Å². The van der Waals surface area contributed by atoms with Gasteiger partial charge in [0.15, 0.2) is 0 Å². The number of pyridine rings is 1. The van der Waals surface area contributed by atoms with Crippen molar-refractivity contribution in [3.63, 3.8) is 0 Å². The number of nitro groups is 1. The molecule has 1 amide bonds. The van der Waals surface area contributed by atoms with E-state index >= 15 is 0 Å². The van der Waals surface area contributed by atoms with Crippen LogP contribution in [0.2, 0.25) is 5.02 Å². The monoisotopic (exact) mass is 895 g/mol. The van der Waals surface area contributed by atoms with Crippen LogP contribution in [0, 0.1) is 21.4 Å². The first-order valence-electron chi connectivity index (χ1n) is 21.5. The Bertz CT molecular complexity index is 2650. The molecule has 3 aromatic carbocycles. The van der Waals surface area contributed by atoms with E-state index in [0.29, 0.717) is 30.8 Å². The molecule has 2 fully saturated rings. The van der Waals surface area contributed by atoms with Crippen LogP contribution in [0.1, 0.15) is 81.6 Å². The minimum absolute atomic E-state index is 0.0451. The number of aromatic amines is 1. The van der Waals surface area contributed by atoms with Gasteiger partial charge in [-0.05, 0) is 123 Å². The molecular weight excluding hydrogens is 842 g/mol. The van der Waals surface area contributed by atoms with Gasteiger partial charge < -0.3 is 25.0 Å². The molecule has 1 saturated carbocycles. The summed E-state index contributed by atoms with van der Waals surface area (Å²) in [5, 5.41) is 27.1. The Morgan fingerprint density at radius 2 is 1.75 bits per heavy atom. The largest absolute Gasteiger partial charge is 0.455 e. The highest BCUT2D eigenvalue weighted by atomic mass is 35.5. The number of rotatable bonds is 13. The third-order valence-electron chi connectivity index (χ3n) is 12.8. The van der Waals surface area contributed by atoms with Crippen molar-refractivity contribution in [2.75, 3.05) is 49.5 Å². The molecule has 332 valence electrons.